The highest BCUT2D eigenvalue weighted by molar-refractivity contribution is 5.79. The van der Waals surface area contributed by atoms with Crippen LogP contribution in [0.4, 0.5) is 0 Å². The van der Waals surface area contributed by atoms with E-state index in [4.69, 9.17) is 0 Å². The Balaban J connectivity index is 1.61. The van der Waals surface area contributed by atoms with Crippen molar-refractivity contribution in [2.45, 2.75) is 64.8 Å². The molecule has 3 rings (SSSR count). The normalized spacial score (nSPS) is 19.3. The van der Waals surface area contributed by atoms with Crippen LogP contribution in [0.2, 0.25) is 0 Å². The van der Waals surface area contributed by atoms with Gasteiger partial charge in [-0.25, -0.2) is 0 Å². The van der Waals surface area contributed by atoms with Crippen LogP contribution in [-0.4, -0.2) is 22.3 Å². The van der Waals surface area contributed by atoms with E-state index in [2.05, 4.69) is 41.1 Å². The molecule has 1 saturated carbocycles. The summed E-state index contributed by atoms with van der Waals surface area (Å²) in [5.74, 6) is 1.37. The largest absolute Gasteiger partial charge is 0.338 e. The molecule has 0 saturated heterocycles. The van der Waals surface area contributed by atoms with Crippen LogP contribution in [0.25, 0.3) is 0 Å². The molecule has 0 bridgehead atoms. The van der Waals surface area contributed by atoms with Gasteiger partial charge in [-0.3, -0.25) is 9.78 Å². The molecule has 1 aliphatic rings. The van der Waals surface area contributed by atoms with Crippen molar-refractivity contribution >= 4 is 5.91 Å². The Kier molecular flexibility index (Phi) is 8.07. The SMILES string of the molecule is CCCCC1CCC(C(=O)N(CCc2ccccn2)Cc2ccccc2)CC1. The Labute approximate surface area is 170 Å². The number of carbonyl (C=O) groups excluding carboxylic acids is 1. The van der Waals surface area contributed by atoms with E-state index >= 15 is 0 Å². The third-order valence-corrected chi connectivity index (χ3v) is 6.05. The Morgan fingerprint density at radius 2 is 1.79 bits per heavy atom. The van der Waals surface area contributed by atoms with E-state index in [1.54, 1.807) is 0 Å². The third kappa shape index (κ3) is 6.19. The second kappa shape index (κ2) is 11.0. The predicted molar refractivity (Wildman–Crippen MR) is 115 cm³/mol. The fourth-order valence-corrected chi connectivity index (χ4v) is 4.32. The zero-order valence-corrected chi connectivity index (χ0v) is 17.2. The first-order valence-electron chi connectivity index (χ1n) is 11.0. The second-order valence-corrected chi connectivity index (χ2v) is 8.18. The van der Waals surface area contributed by atoms with Crippen LogP contribution in [0.1, 0.15) is 63.1 Å². The van der Waals surface area contributed by atoms with Gasteiger partial charge in [-0.15, -0.1) is 0 Å². The first-order valence-corrected chi connectivity index (χ1v) is 11.0. The lowest BCUT2D eigenvalue weighted by atomic mass is 9.79. The summed E-state index contributed by atoms with van der Waals surface area (Å²) < 4.78 is 0. The van der Waals surface area contributed by atoms with E-state index in [0.717, 1.165) is 37.4 Å². The lowest BCUT2D eigenvalue weighted by Crippen LogP contribution is -2.38. The quantitative estimate of drug-likeness (QED) is 0.565. The second-order valence-electron chi connectivity index (χ2n) is 8.18. The average Bonchev–Trinajstić information content (AvgIpc) is 2.76. The van der Waals surface area contributed by atoms with E-state index in [1.807, 2.05) is 30.5 Å². The lowest BCUT2D eigenvalue weighted by Gasteiger charge is -2.32. The summed E-state index contributed by atoms with van der Waals surface area (Å²) in [6, 6.07) is 16.4. The molecule has 1 aliphatic carbocycles. The molecule has 1 aromatic carbocycles. The van der Waals surface area contributed by atoms with Crippen LogP contribution >= 0.6 is 0 Å². The molecule has 3 nitrogen and oxygen atoms in total. The number of hydrogen-bond acceptors (Lipinski definition) is 2. The van der Waals surface area contributed by atoms with Crippen molar-refractivity contribution in [1.82, 2.24) is 9.88 Å². The molecule has 28 heavy (non-hydrogen) atoms. The van der Waals surface area contributed by atoms with Crippen molar-refractivity contribution in [3.8, 4) is 0 Å². The van der Waals surface area contributed by atoms with Crippen molar-refractivity contribution in [2.24, 2.45) is 11.8 Å². The highest BCUT2D eigenvalue weighted by Gasteiger charge is 2.29. The monoisotopic (exact) mass is 378 g/mol. The highest BCUT2D eigenvalue weighted by Crippen LogP contribution is 2.33. The van der Waals surface area contributed by atoms with Crippen molar-refractivity contribution < 1.29 is 4.79 Å². The maximum atomic E-state index is 13.4. The van der Waals surface area contributed by atoms with Crippen LogP contribution < -0.4 is 0 Å². The van der Waals surface area contributed by atoms with E-state index in [0.29, 0.717) is 12.5 Å². The van der Waals surface area contributed by atoms with Crippen molar-refractivity contribution in [3.05, 3.63) is 66.0 Å². The van der Waals surface area contributed by atoms with Gasteiger partial charge in [-0.2, -0.15) is 0 Å². The van der Waals surface area contributed by atoms with Crippen LogP contribution in [-0.2, 0) is 17.8 Å². The van der Waals surface area contributed by atoms with E-state index in [-0.39, 0.29) is 5.92 Å². The number of pyridine rings is 1. The van der Waals surface area contributed by atoms with Gasteiger partial charge in [0.05, 0.1) is 0 Å². The van der Waals surface area contributed by atoms with E-state index < -0.39 is 0 Å². The Morgan fingerprint density at radius 1 is 1.04 bits per heavy atom. The standard InChI is InChI=1S/C25H34N2O/c1-2-3-9-21-13-15-23(16-14-21)25(28)27(20-22-10-5-4-6-11-22)19-17-24-12-7-8-18-26-24/h4-8,10-12,18,21,23H,2-3,9,13-17,19-20H2,1H3. The highest BCUT2D eigenvalue weighted by atomic mass is 16.2. The Bertz CT molecular complexity index is 693. The summed E-state index contributed by atoms with van der Waals surface area (Å²) in [6.07, 6.45) is 11.1. The molecular formula is C25H34N2O. The van der Waals surface area contributed by atoms with Crippen LogP contribution in [0.15, 0.2) is 54.7 Å². The zero-order valence-electron chi connectivity index (χ0n) is 17.2. The number of nitrogens with zero attached hydrogens (tertiary/aromatic N) is 2. The summed E-state index contributed by atoms with van der Waals surface area (Å²) in [7, 11) is 0. The third-order valence-electron chi connectivity index (χ3n) is 6.05. The van der Waals surface area contributed by atoms with Gasteiger partial charge in [0.25, 0.3) is 0 Å². The van der Waals surface area contributed by atoms with Crippen molar-refractivity contribution in [1.29, 1.82) is 0 Å². The number of aromatic nitrogens is 1. The summed E-state index contributed by atoms with van der Waals surface area (Å²) in [5, 5.41) is 0. The molecule has 1 amide bonds. The van der Waals surface area contributed by atoms with Gasteiger partial charge in [-0.05, 0) is 49.3 Å². The van der Waals surface area contributed by atoms with Gasteiger partial charge < -0.3 is 4.90 Å². The van der Waals surface area contributed by atoms with Gasteiger partial charge >= 0.3 is 0 Å². The van der Waals surface area contributed by atoms with E-state index in [1.165, 1.54) is 37.7 Å². The lowest BCUT2D eigenvalue weighted by molar-refractivity contribution is -0.137. The molecular weight excluding hydrogens is 344 g/mol. The molecule has 2 aromatic rings. The molecule has 150 valence electrons. The maximum absolute atomic E-state index is 13.4. The minimum Gasteiger partial charge on any atom is -0.338 e. The number of carbonyl (C=O) groups is 1. The van der Waals surface area contributed by atoms with Gasteiger partial charge in [0.1, 0.15) is 0 Å². The molecule has 1 aromatic heterocycles. The van der Waals surface area contributed by atoms with Crippen molar-refractivity contribution in [3.63, 3.8) is 0 Å². The summed E-state index contributed by atoms with van der Waals surface area (Å²) in [6.45, 7) is 3.70. The van der Waals surface area contributed by atoms with Gasteiger partial charge in [0.15, 0.2) is 0 Å². The number of amides is 1. The van der Waals surface area contributed by atoms with Gasteiger partial charge in [0.2, 0.25) is 5.91 Å². The minimum atomic E-state index is 0.199. The molecule has 0 unspecified atom stereocenters. The molecule has 0 aliphatic heterocycles. The number of benzene rings is 1. The Hall–Kier alpha value is -2.16. The first-order chi connectivity index (χ1) is 13.8. The topological polar surface area (TPSA) is 33.2 Å². The average molecular weight is 379 g/mol. The smallest absolute Gasteiger partial charge is 0.225 e. The van der Waals surface area contributed by atoms with Gasteiger partial charge in [-0.1, -0.05) is 62.6 Å². The number of hydrogen-bond donors (Lipinski definition) is 0. The number of rotatable bonds is 9. The number of unbranched alkanes of at least 4 members (excludes halogenated alkanes) is 1. The van der Waals surface area contributed by atoms with Crippen LogP contribution in [0, 0.1) is 11.8 Å². The summed E-state index contributed by atoms with van der Waals surface area (Å²) in [4.78, 5) is 19.9. The molecule has 0 spiro atoms. The predicted octanol–water partition coefficient (Wildman–Crippen LogP) is 5.65. The van der Waals surface area contributed by atoms with Crippen LogP contribution in [0.5, 0.6) is 0 Å². The summed E-state index contributed by atoms with van der Waals surface area (Å²) in [5.41, 5.74) is 2.25. The fourth-order valence-electron chi connectivity index (χ4n) is 4.32. The van der Waals surface area contributed by atoms with E-state index in [9.17, 15) is 4.79 Å². The van der Waals surface area contributed by atoms with Crippen LogP contribution in [0.3, 0.4) is 0 Å². The first kappa shape index (κ1) is 20.6. The molecule has 0 atom stereocenters. The Morgan fingerprint density at radius 3 is 2.46 bits per heavy atom. The molecule has 0 radical (unpaired) electrons. The summed E-state index contributed by atoms with van der Waals surface area (Å²) >= 11 is 0. The molecule has 1 heterocycles. The zero-order chi connectivity index (χ0) is 19.6. The minimum absolute atomic E-state index is 0.199. The molecule has 3 heteroatoms. The van der Waals surface area contributed by atoms with Gasteiger partial charge in [0, 0.05) is 37.3 Å². The van der Waals surface area contributed by atoms with Crippen molar-refractivity contribution in [2.75, 3.05) is 6.54 Å². The molecule has 0 N–H and O–H groups in total. The molecule has 1 fully saturated rings. The fraction of sp³-hybridized carbons (Fsp3) is 0.520. The maximum Gasteiger partial charge on any atom is 0.225 e.